The minimum absolute atomic E-state index is 0.00400. The molecule has 1 rings (SSSR count). The van der Waals surface area contributed by atoms with Gasteiger partial charge in [-0.2, -0.15) is 0 Å². The number of anilines is 1. The van der Waals surface area contributed by atoms with Gasteiger partial charge < -0.3 is 15.3 Å². The van der Waals surface area contributed by atoms with Crippen LogP contribution in [0.4, 0.5) is 18.9 Å². The first-order valence-corrected chi connectivity index (χ1v) is 6.26. The molecule has 0 saturated carbocycles. The molecule has 0 saturated heterocycles. The van der Waals surface area contributed by atoms with Crippen LogP contribution in [-0.4, -0.2) is 42.3 Å². The minimum atomic E-state index is -1.01. The highest BCUT2D eigenvalue weighted by Crippen LogP contribution is 2.19. The van der Waals surface area contributed by atoms with E-state index in [1.807, 2.05) is 18.7 Å². The van der Waals surface area contributed by atoms with Gasteiger partial charge in [-0.15, -0.1) is 0 Å². The van der Waals surface area contributed by atoms with Crippen LogP contribution < -0.4 is 5.32 Å². The zero-order valence-electron chi connectivity index (χ0n) is 11.1. The summed E-state index contributed by atoms with van der Waals surface area (Å²) in [4.78, 5) is 1.99. The van der Waals surface area contributed by atoms with E-state index in [0.717, 1.165) is 13.1 Å². The van der Waals surface area contributed by atoms with Gasteiger partial charge in [0, 0.05) is 25.2 Å². The number of aliphatic hydroxyl groups excluding tert-OH is 1. The summed E-state index contributed by atoms with van der Waals surface area (Å²) >= 11 is 0. The standard InChI is InChI=1S/C13H19F3N2O/c1-3-18(4-2)8-10(19)7-17-13-11(15)5-9(14)6-12(13)16/h5-6,10,17,19H,3-4,7-8H2,1-2H3. The van der Waals surface area contributed by atoms with Crippen LogP contribution in [0, 0.1) is 17.5 Å². The lowest BCUT2D eigenvalue weighted by Crippen LogP contribution is -2.36. The van der Waals surface area contributed by atoms with Gasteiger partial charge in [0.1, 0.15) is 11.5 Å². The van der Waals surface area contributed by atoms with E-state index in [2.05, 4.69) is 5.32 Å². The molecule has 1 atom stereocenters. The second-order valence-electron chi connectivity index (χ2n) is 4.27. The lowest BCUT2D eigenvalue weighted by molar-refractivity contribution is 0.128. The SMILES string of the molecule is CCN(CC)CC(O)CNc1c(F)cc(F)cc1F. The molecule has 0 spiro atoms. The normalized spacial score (nSPS) is 12.8. The lowest BCUT2D eigenvalue weighted by Gasteiger charge is -2.22. The van der Waals surface area contributed by atoms with Crippen LogP contribution in [0.2, 0.25) is 0 Å². The average Bonchev–Trinajstić information content (AvgIpc) is 2.34. The summed E-state index contributed by atoms with van der Waals surface area (Å²) in [5.41, 5.74) is -0.417. The molecule has 0 bridgehead atoms. The summed E-state index contributed by atoms with van der Waals surface area (Å²) in [6.07, 6.45) is -0.760. The Labute approximate surface area is 111 Å². The van der Waals surface area contributed by atoms with Gasteiger partial charge in [-0.05, 0) is 13.1 Å². The first kappa shape index (κ1) is 15.8. The minimum Gasteiger partial charge on any atom is -0.390 e. The lowest BCUT2D eigenvalue weighted by atomic mass is 10.2. The number of hydrogen-bond donors (Lipinski definition) is 2. The zero-order chi connectivity index (χ0) is 14.4. The van der Waals surface area contributed by atoms with Crippen LogP contribution in [0.15, 0.2) is 12.1 Å². The number of nitrogens with zero attached hydrogens (tertiary/aromatic N) is 1. The van der Waals surface area contributed by atoms with Crippen molar-refractivity contribution < 1.29 is 18.3 Å². The highest BCUT2D eigenvalue weighted by molar-refractivity contribution is 5.46. The van der Waals surface area contributed by atoms with E-state index in [1.165, 1.54) is 0 Å². The Kier molecular flexibility index (Phi) is 6.11. The first-order chi connectivity index (χ1) is 8.97. The fourth-order valence-corrected chi connectivity index (χ4v) is 1.78. The van der Waals surface area contributed by atoms with Crippen LogP contribution >= 0.6 is 0 Å². The Morgan fingerprint density at radius 1 is 1.16 bits per heavy atom. The second kappa shape index (κ2) is 7.35. The smallest absolute Gasteiger partial charge is 0.152 e. The van der Waals surface area contributed by atoms with Crippen LogP contribution in [0.5, 0.6) is 0 Å². The fraction of sp³-hybridized carbons (Fsp3) is 0.538. The van der Waals surface area contributed by atoms with Gasteiger partial charge in [-0.25, -0.2) is 13.2 Å². The van der Waals surface area contributed by atoms with E-state index in [1.54, 1.807) is 0 Å². The number of hydrogen-bond acceptors (Lipinski definition) is 3. The maximum Gasteiger partial charge on any atom is 0.152 e. The number of rotatable bonds is 7. The van der Waals surface area contributed by atoms with Gasteiger partial charge in [0.2, 0.25) is 0 Å². The van der Waals surface area contributed by atoms with Gasteiger partial charge in [0.05, 0.1) is 6.10 Å². The summed E-state index contributed by atoms with van der Waals surface area (Å²) in [5.74, 6) is -2.98. The van der Waals surface area contributed by atoms with Gasteiger partial charge in [0.15, 0.2) is 11.6 Å². The Balaban J connectivity index is 2.57. The molecular weight excluding hydrogens is 257 g/mol. The van der Waals surface area contributed by atoms with E-state index < -0.39 is 29.2 Å². The molecule has 3 nitrogen and oxygen atoms in total. The van der Waals surface area contributed by atoms with Crippen LogP contribution in [-0.2, 0) is 0 Å². The van der Waals surface area contributed by atoms with Crippen LogP contribution in [0.1, 0.15) is 13.8 Å². The van der Waals surface area contributed by atoms with E-state index in [-0.39, 0.29) is 6.54 Å². The number of aliphatic hydroxyl groups is 1. The van der Waals surface area contributed by atoms with E-state index in [0.29, 0.717) is 18.7 Å². The molecule has 1 unspecified atom stereocenters. The zero-order valence-corrected chi connectivity index (χ0v) is 11.1. The predicted octanol–water partition coefficient (Wildman–Crippen LogP) is 2.22. The summed E-state index contributed by atoms with van der Waals surface area (Å²) < 4.78 is 39.4. The highest BCUT2D eigenvalue weighted by Gasteiger charge is 2.14. The molecular formula is C13H19F3N2O. The van der Waals surface area contributed by atoms with Crippen molar-refractivity contribution in [2.45, 2.75) is 20.0 Å². The van der Waals surface area contributed by atoms with Gasteiger partial charge in [-0.3, -0.25) is 0 Å². The maximum atomic E-state index is 13.3. The Hall–Kier alpha value is -1.27. The topological polar surface area (TPSA) is 35.5 Å². The van der Waals surface area contributed by atoms with Crippen molar-refractivity contribution in [1.82, 2.24) is 4.90 Å². The molecule has 2 N–H and O–H groups in total. The third-order valence-corrected chi connectivity index (χ3v) is 2.88. The molecule has 0 amide bonds. The van der Waals surface area contributed by atoms with Gasteiger partial charge >= 0.3 is 0 Å². The van der Waals surface area contributed by atoms with Crippen molar-refractivity contribution in [3.63, 3.8) is 0 Å². The maximum absolute atomic E-state index is 13.3. The van der Waals surface area contributed by atoms with E-state index >= 15 is 0 Å². The quantitative estimate of drug-likeness (QED) is 0.801. The van der Waals surface area contributed by atoms with E-state index in [4.69, 9.17) is 0 Å². The average molecular weight is 276 g/mol. The van der Waals surface area contributed by atoms with Gasteiger partial charge in [-0.1, -0.05) is 13.8 Å². The highest BCUT2D eigenvalue weighted by atomic mass is 19.1. The predicted molar refractivity (Wildman–Crippen MR) is 68.6 cm³/mol. The van der Waals surface area contributed by atoms with Crippen LogP contribution in [0.3, 0.4) is 0 Å². The summed E-state index contributed by atoms with van der Waals surface area (Å²) in [6, 6.07) is 1.20. The van der Waals surface area contributed by atoms with Crippen molar-refractivity contribution in [1.29, 1.82) is 0 Å². The fourth-order valence-electron chi connectivity index (χ4n) is 1.78. The molecule has 6 heteroatoms. The molecule has 0 heterocycles. The molecule has 0 radical (unpaired) electrons. The van der Waals surface area contributed by atoms with Crippen molar-refractivity contribution in [3.05, 3.63) is 29.6 Å². The largest absolute Gasteiger partial charge is 0.390 e. The molecule has 0 aromatic heterocycles. The molecule has 0 aliphatic rings. The molecule has 1 aromatic rings. The van der Waals surface area contributed by atoms with Crippen molar-refractivity contribution in [2.24, 2.45) is 0 Å². The first-order valence-electron chi connectivity index (χ1n) is 6.26. The molecule has 19 heavy (non-hydrogen) atoms. The molecule has 0 aliphatic carbocycles. The number of likely N-dealkylation sites (N-methyl/N-ethyl adjacent to an activating group) is 1. The van der Waals surface area contributed by atoms with Crippen molar-refractivity contribution in [2.75, 3.05) is 31.5 Å². The molecule has 108 valence electrons. The Morgan fingerprint density at radius 2 is 1.68 bits per heavy atom. The third kappa shape index (κ3) is 4.72. The summed E-state index contributed by atoms with van der Waals surface area (Å²) in [6.45, 7) is 5.89. The molecule has 1 aromatic carbocycles. The monoisotopic (exact) mass is 276 g/mol. The van der Waals surface area contributed by atoms with E-state index in [9.17, 15) is 18.3 Å². The molecule has 0 aliphatic heterocycles. The number of halogens is 3. The number of benzene rings is 1. The summed E-state index contributed by atoms with van der Waals surface area (Å²) in [7, 11) is 0. The molecule has 0 fully saturated rings. The Bertz CT molecular complexity index is 388. The van der Waals surface area contributed by atoms with Crippen molar-refractivity contribution >= 4 is 5.69 Å². The van der Waals surface area contributed by atoms with Gasteiger partial charge in [0.25, 0.3) is 0 Å². The second-order valence-corrected chi connectivity index (χ2v) is 4.27. The Morgan fingerprint density at radius 3 is 2.16 bits per heavy atom. The van der Waals surface area contributed by atoms with Crippen LogP contribution in [0.25, 0.3) is 0 Å². The third-order valence-electron chi connectivity index (χ3n) is 2.88. The summed E-state index contributed by atoms with van der Waals surface area (Å²) in [5, 5.41) is 12.2. The number of nitrogens with one attached hydrogen (secondary N) is 1. The van der Waals surface area contributed by atoms with Crippen molar-refractivity contribution in [3.8, 4) is 0 Å².